The Kier molecular flexibility index (Phi) is 6.85. The average molecular weight is 320 g/mol. The molecule has 104 valence electrons. The molecule has 0 atom stereocenters. The molecule has 1 rings (SSSR count). The number of hydrogen-bond donors (Lipinski definition) is 1. The number of likely N-dealkylation sites (N-methyl/N-ethyl adjacent to an activating group) is 1. The summed E-state index contributed by atoms with van der Waals surface area (Å²) in [5.74, 6) is 0. The Morgan fingerprint density at radius 2 is 2.17 bits per heavy atom. The van der Waals surface area contributed by atoms with Gasteiger partial charge >= 0.3 is 0 Å². The predicted molar refractivity (Wildman–Crippen MR) is 74.5 cm³/mol. The van der Waals surface area contributed by atoms with E-state index in [9.17, 15) is 0 Å². The predicted octanol–water partition coefficient (Wildman–Crippen LogP) is 1.19. The Hall–Kier alpha value is -0.430. The number of halogens is 1. The highest BCUT2D eigenvalue weighted by atomic mass is 79.9. The molecule has 0 aromatic carbocycles. The van der Waals surface area contributed by atoms with Crippen molar-refractivity contribution in [3.63, 3.8) is 0 Å². The molecule has 0 spiro atoms. The van der Waals surface area contributed by atoms with Gasteiger partial charge in [-0.1, -0.05) is 6.92 Å². The molecule has 1 heterocycles. The molecule has 5 nitrogen and oxygen atoms in total. The fourth-order valence-electron chi connectivity index (χ4n) is 1.71. The second-order valence-electron chi connectivity index (χ2n) is 4.26. The third-order valence-electron chi connectivity index (χ3n) is 2.78. The standard InChI is InChI=1S/C12H22BrN3O2/c1-4-10-12(13)11(16(3)14-10)9-15(2)5-7-18-8-6-17/h17H,4-9H2,1-3H3. The largest absolute Gasteiger partial charge is 0.394 e. The molecule has 6 heteroatoms. The fourth-order valence-corrected chi connectivity index (χ4v) is 2.45. The van der Waals surface area contributed by atoms with E-state index in [1.54, 1.807) is 0 Å². The molecule has 0 bridgehead atoms. The molecule has 0 saturated carbocycles. The summed E-state index contributed by atoms with van der Waals surface area (Å²) < 4.78 is 8.28. The molecule has 1 aromatic rings. The van der Waals surface area contributed by atoms with Crippen LogP contribution in [0.2, 0.25) is 0 Å². The van der Waals surface area contributed by atoms with Gasteiger partial charge in [-0.3, -0.25) is 9.58 Å². The van der Waals surface area contributed by atoms with E-state index in [1.807, 2.05) is 18.8 Å². The number of aliphatic hydroxyl groups is 1. The van der Waals surface area contributed by atoms with Crippen LogP contribution in [0.25, 0.3) is 0 Å². The van der Waals surface area contributed by atoms with Gasteiger partial charge in [0.15, 0.2) is 0 Å². The fraction of sp³-hybridized carbons (Fsp3) is 0.750. The summed E-state index contributed by atoms with van der Waals surface area (Å²) in [4.78, 5) is 2.18. The van der Waals surface area contributed by atoms with Gasteiger partial charge in [-0.25, -0.2) is 0 Å². The molecule has 18 heavy (non-hydrogen) atoms. The zero-order valence-electron chi connectivity index (χ0n) is 11.3. The third kappa shape index (κ3) is 4.35. The Morgan fingerprint density at radius 3 is 2.72 bits per heavy atom. The van der Waals surface area contributed by atoms with Crippen LogP contribution in [0, 0.1) is 0 Å². The van der Waals surface area contributed by atoms with Crippen molar-refractivity contribution in [2.24, 2.45) is 7.05 Å². The van der Waals surface area contributed by atoms with E-state index in [0.717, 1.165) is 29.7 Å². The minimum Gasteiger partial charge on any atom is -0.394 e. The van der Waals surface area contributed by atoms with Crippen molar-refractivity contribution < 1.29 is 9.84 Å². The highest BCUT2D eigenvalue weighted by Gasteiger charge is 2.13. The number of rotatable bonds is 8. The lowest BCUT2D eigenvalue weighted by atomic mass is 10.3. The maximum absolute atomic E-state index is 8.61. The summed E-state index contributed by atoms with van der Waals surface area (Å²) in [6, 6.07) is 0. The topological polar surface area (TPSA) is 50.5 Å². The third-order valence-corrected chi connectivity index (χ3v) is 3.69. The van der Waals surface area contributed by atoms with Crippen LogP contribution in [0.15, 0.2) is 4.47 Å². The highest BCUT2D eigenvalue weighted by molar-refractivity contribution is 9.10. The van der Waals surface area contributed by atoms with Crippen molar-refractivity contribution in [2.45, 2.75) is 19.9 Å². The maximum atomic E-state index is 8.61. The van der Waals surface area contributed by atoms with Crippen LogP contribution in [0.1, 0.15) is 18.3 Å². The molecule has 0 aliphatic heterocycles. The van der Waals surface area contributed by atoms with Gasteiger partial charge in [0.2, 0.25) is 0 Å². The van der Waals surface area contributed by atoms with E-state index in [1.165, 1.54) is 5.69 Å². The molecule has 0 fully saturated rings. The van der Waals surface area contributed by atoms with Gasteiger partial charge in [-0.05, 0) is 29.4 Å². The zero-order valence-corrected chi connectivity index (χ0v) is 12.9. The maximum Gasteiger partial charge on any atom is 0.0767 e. The minimum atomic E-state index is 0.0802. The second kappa shape index (κ2) is 7.89. The van der Waals surface area contributed by atoms with Crippen LogP contribution in [-0.2, 0) is 24.8 Å². The van der Waals surface area contributed by atoms with Crippen LogP contribution in [0.4, 0.5) is 0 Å². The van der Waals surface area contributed by atoms with E-state index in [2.05, 4.69) is 32.9 Å². The summed E-state index contributed by atoms with van der Waals surface area (Å²) in [6.45, 7) is 4.88. The van der Waals surface area contributed by atoms with Crippen molar-refractivity contribution in [1.29, 1.82) is 0 Å². The van der Waals surface area contributed by atoms with E-state index < -0.39 is 0 Å². The lowest BCUT2D eigenvalue weighted by molar-refractivity contribution is 0.0769. The van der Waals surface area contributed by atoms with Gasteiger partial charge in [0.05, 0.1) is 35.7 Å². The Morgan fingerprint density at radius 1 is 1.44 bits per heavy atom. The first kappa shape index (κ1) is 15.6. The van der Waals surface area contributed by atoms with Crippen LogP contribution in [-0.4, -0.2) is 53.2 Å². The second-order valence-corrected chi connectivity index (χ2v) is 5.05. The van der Waals surface area contributed by atoms with Crippen molar-refractivity contribution in [3.05, 3.63) is 15.9 Å². The smallest absolute Gasteiger partial charge is 0.0767 e. The first-order valence-corrected chi connectivity index (χ1v) is 6.96. The number of aliphatic hydroxyl groups excluding tert-OH is 1. The number of hydrogen-bond acceptors (Lipinski definition) is 4. The number of aryl methyl sites for hydroxylation is 2. The summed E-state index contributed by atoms with van der Waals surface area (Å²) >= 11 is 3.61. The molecule has 0 aliphatic rings. The molecular formula is C12H22BrN3O2. The van der Waals surface area contributed by atoms with Gasteiger partial charge in [0.25, 0.3) is 0 Å². The van der Waals surface area contributed by atoms with Gasteiger partial charge in [0, 0.05) is 20.1 Å². The summed E-state index contributed by atoms with van der Waals surface area (Å²) in [7, 11) is 4.02. The van der Waals surface area contributed by atoms with Gasteiger partial charge < -0.3 is 9.84 Å². The molecule has 0 radical (unpaired) electrons. The monoisotopic (exact) mass is 319 g/mol. The lowest BCUT2D eigenvalue weighted by Gasteiger charge is -2.16. The molecule has 0 aliphatic carbocycles. The quantitative estimate of drug-likeness (QED) is 0.731. The summed E-state index contributed by atoms with van der Waals surface area (Å²) in [6.07, 6.45) is 0.928. The molecule has 0 amide bonds. The SMILES string of the molecule is CCc1nn(C)c(CN(C)CCOCCO)c1Br. The van der Waals surface area contributed by atoms with Crippen LogP contribution < -0.4 is 0 Å². The number of aromatic nitrogens is 2. The van der Waals surface area contributed by atoms with Crippen LogP contribution in [0.5, 0.6) is 0 Å². The highest BCUT2D eigenvalue weighted by Crippen LogP contribution is 2.22. The van der Waals surface area contributed by atoms with E-state index in [0.29, 0.717) is 13.2 Å². The Bertz CT molecular complexity index is 368. The normalized spacial score (nSPS) is 11.4. The molecule has 0 saturated heterocycles. The first-order valence-electron chi connectivity index (χ1n) is 6.17. The molecule has 1 N–H and O–H groups in total. The summed E-state index contributed by atoms with van der Waals surface area (Å²) in [5.41, 5.74) is 2.27. The van der Waals surface area contributed by atoms with Crippen molar-refractivity contribution >= 4 is 15.9 Å². The molecule has 0 unspecified atom stereocenters. The summed E-state index contributed by atoms with van der Waals surface area (Å²) in [5, 5.41) is 13.1. The van der Waals surface area contributed by atoms with Crippen molar-refractivity contribution in [2.75, 3.05) is 33.4 Å². The van der Waals surface area contributed by atoms with Crippen LogP contribution >= 0.6 is 15.9 Å². The Balaban J connectivity index is 2.48. The zero-order chi connectivity index (χ0) is 13.5. The molecule has 1 aromatic heterocycles. The van der Waals surface area contributed by atoms with Crippen molar-refractivity contribution in [3.8, 4) is 0 Å². The van der Waals surface area contributed by atoms with E-state index in [-0.39, 0.29) is 6.61 Å². The molecular weight excluding hydrogens is 298 g/mol. The number of nitrogens with zero attached hydrogens (tertiary/aromatic N) is 3. The minimum absolute atomic E-state index is 0.0802. The average Bonchev–Trinajstić information content (AvgIpc) is 2.62. The first-order chi connectivity index (χ1) is 8.60. The van der Waals surface area contributed by atoms with Gasteiger partial charge in [0.1, 0.15) is 0 Å². The van der Waals surface area contributed by atoms with Crippen molar-refractivity contribution in [1.82, 2.24) is 14.7 Å². The van der Waals surface area contributed by atoms with E-state index >= 15 is 0 Å². The van der Waals surface area contributed by atoms with Gasteiger partial charge in [-0.15, -0.1) is 0 Å². The number of ether oxygens (including phenoxy) is 1. The lowest BCUT2D eigenvalue weighted by Crippen LogP contribution is -2.24. The Labute approximate surface area is 117 Å². The van der Waals surface area contributed by atoms with Gasteiger partial charge in [-0.2, -0.15) is 5.10 Å². The van der Waals surface area contributed by atoms with Crippen LogP contribution in [0.3, 0.4) is 0 Å². The van der Waals surface area contributed by atoms with E-state index in [4.69, 9.17) is 9.84 Å².